The molecule has 48 heavy (non-hydrogen) atoms. The summed E-state index contributed by atoms with van der Waals surface area (Å²) in [6.45, 7) is 8.60. The average Bonchev–Trinajstić information content (AvgIpc) is 3.36. The Morgan fingerprint density at radius 2 is 1.56 bits per heavy atom. The zero-order chi connectivity index (χ0) is 33.8. The van der Waals surface area contributed by atoms with Gasteiger partial charge >= 0.3 is 11.8 Å². The Bertz CT molecular complexity index is 1930. The van der Waals surface area contributed by atoms with E-state index in [0.717, 1.165) is 16.7 Å². The molecule has 0 bridgehead atoms. The Balaban J connectivity index is 1.32. The molecule has 3 aromatic carbocycles. The van der Waals surface area contributed by atoms with E-state index >= 15 is 4.39 Å². The van der Waals surface area contributed by atoms with Crippen molar-refractivity contribution in [2.24, 2.45) is 0 Å². The molecule has 2 atom stereocenters. The number of imidazole rings is 1. The minimum Gasteiger partial charge on any atom is -0.473 e. The number of piperidine rings is 1. The van der Waals surface area contributed by atoms with Gasteiger partial charge in [-0.1, -0.05) is 66.7 Å². The number of aryl methyl sites for hydroxylation is 1. The molecule has 0 radical (unpaired) electrons. The summed E-state index contributed by atoms with van der Waals surface area (Å²) in [6, 6.07) is 28.7. The maximum absolute atomic E-state index is 15.6. The van der Waals surface area contributed by atoms with E-state index in [2.05, 4.69) is 0 Å². The molecule has 10 heteroatoms. The first-order chi connectivity index (χ1) is 23.1. The molecule has 5 aromatic rings. The number of likely N-dealkylation sites (tertiary alicyclic amines) is 1. The average molecular weight is 653 g/mol. The highest BCUT2D eigenvalue weighted by molar-refractivity contribution is 5.80. The summed E-state index contributed by atoms with van der Waals surface area (Å²) in [7, 11) is 0. The smallest absolute Gasteiger partial charge is 0.410 e. The van der Waals surface area contributed by atoms with Crippen molar-refractivity contribution in [2.75, 3.05) is 13.1 Å². The zero-order valence-corrected chi connectivity index (χ0v) is 27.8. The summed E-state index contributed by atoms with van der Waals surface area (Å²) in [4.78, 5) is 32.7. The van der Waals surface area contributed by atoms with E-state index in [4.69, 9.17) is 19.2 Å². The van der Waals surface area contributed by atoms with Crippen molar-refractivity contribution in [1.82, 2.24) is 19.0 Å². The molecule has 1 fully saturated rings. The van der Waals surface area contributed by atoms with E-state index in [1.807, 2.05) is 85.8 Å². The first kappa shape index (κ1) is 32.8. The number of amides is 1. The van der Waals surface area contributed by atoms with Crippen molar-refractivity contribution < 1.29 is 23.4 Å². The van der Waals surface area contributed by atoms with Gasteiger partial charge in [0.25, 0.3) is 0 Å². The van der Waals surface area contributed by atoms with Gasteiger partial charge < -0.3 is 19.1 Å². The fourth-order valence-electron chi connectivity index (χ4n) is 6.04. The first-order valence-electron chi connectivity index (χ1n) is 16.3. The van der Waals surface area contributed by atoms with Crippen molar-refractivity contribution in [2.45, 2.75) is 71.6 Å². The topological polar surface area (TPSA) is 87.8 Å². The summed E-state index contributed by atoms with van der Waals surface area (Å²) < 4.78 is 36.6. The predicted octanol–water partition coefficient (Wildman–Crippen LogP) is 7.43. The Labute approximate surface area is 279 Å². The summed E-state index contributed by atoms with van der Waals surface area (Å²) in [5.74, 6) is 0.195. The number of hydrogen-bond donors (Lipinski definition) is 0. The van der Waals surface area contributed by atoms with Gasteiger partial charge in [-0.2, -0.15) is 4.98 Å². The lowest BCUT2D eigenvalue weighted by molar-refractivity contribution is 0.0111. The van der Waals surface area contributed by atoms with Crippen LogP contribution in [0.5, 0.6) is 11.8 Å². The molecule has 0 saturated carbocycles. The molecule has 1 amide bonds. The van der Waals surface area contributed by atoms with Crippen LogP contribution in [0.1, 0.15) is 56.7 Å². The fraction of sp³-hybridized carbons (Fsp3) is 0.342. The molecule has 9 nitrogen and oxygen atoms in total. The van der Waals surface area contributed by atoms with E-state index in [1.165, 1.54) is 4.90 Å². The highest BCUT2D eigenvalue weighted by Gasteiger charge is 2.35. The van der Waals surface area contributed by atoms with Crippen LogP contribution in [-0.4, -0.2) is 50.0 Å². The molecule has 1 aliphatic rings. The van der Waals surface area contributed by atoms with Crippen molar-refractivity contribution >= 4 is 17.1 Å². The molecule has 2 aromatic heterocycles. The summed E-state index contributed by atoms with van der Waals surface area (Å²) in [6.07, 6.45) is -1.35. The van der Waals surface area contributed by atoms with Crippen molar-refractivity contribution in [3.8, 4) is 17.4 Å². The van der Waals surface area contributed by atoms with Crippen LogP contribution < -0.4 is 15.2 Å². The Kier molecular flexibility index (Phi) is 9.52. The number of ether oxygens (including phenoxy) is 3. The number of pyridine rings is 1. The van der Waals surface area contributed by atoms with Gasteiger partial charge in [-0.15, -0.1) is 0 Å². The molecular weight excluding hydrogens is 611 g/mol. The fourth-order valence-corrected chi connectivity index (χ4v) is 6.04. The van der Waals surface area contributed by atoms with Crippen molar-refractivity contribution in [3.63, 3.8) is 0 Å². The SMILES string of the molecule is CCn1c(=O)n(-c2ccc(OCc3ccccc3)nc2OCc2ccccc2)c2ccc([C@@H]3CCN(C(=O)OC(C)(C)C)C[C@H]3F)cc21. The number of halogens is 1. The molecule has 0 N–H and O–H groups in total. The van der Waals surface area contributed by atoms with Crippen LogP contribution in [0.15, 0.2) is 95.8 Å². The Morgan fingerprint density at radius 3 is 2.19 bits per heavy atom. The van der Waals surface area contributed by atoms with Crippen LogP contribution in [0, 0.1) is 0 Å². The van der Waals surface area contributed by atoms with Crippen LogP contribution >= 0.6 is 0 Å². The third-order valence-electron chi connectivity index (χ3n) is 8.39. The van der Waals surface area contributed by atoms with Gasteiger partial charge in [-0.3, -0.25) is 9.13 Å². The highest BCUT2D eigenvalue weighted by atomic mass is 19.1. The Hall–Kier alpha value is -5.12. The minimum atomic E-state index is -1.28. The largest absolute Gasteiger partial charge is 0.473 e. The van der Waals surface area contributed by atoms with Gasteiger partial charge in [0.2, 0.25) is 11.8 Å². The van der Waals surface area contributed by atoms with Gasteiger partial charge in [0.1, 0.15) is 30.7 Å². The number of carbonyl (C=O) groups is 1. The quantitative estimate of drug-likeness (QED) is 0.165. The number of benzene rings is 3. The number of alkyl halides is 1. The number of hydrogen-bond acceptors (Lipinski definition) is 6. The van der Waals surface area contributed by atoms with Crippen molar-refractivity contribution in [3.05, 3.63) is 118 Å². The van der Waals surface area contributed by atoms with E-state index < -0.39 is 23.8 Å². The lowest BCUT2D eigenvalue weighted by Gasteiger charge is -2.35. The molecule has 6 rings (SSSR count). The van der Waals surface area contributed by atoms with E-state index in [9.17, 15) is 9.59 Å². The third kappa shape index (κ3) is 7.22. The number of aromatic nitrogens is 3. The number of fused-ring (bicyclic) bond motifs is 1. The van der Waals surface area contributed by atoms with Crippen molar-refractivity contribution in [1.29, 1.82) is 0 Å². The molecular formula is C38H41FN4O5. The van der Waals surface area contributed by atoms with Crippen LogP contribution in [-0.2, 0) is 24.5 Å². The third-order valence-corrected chi connectivity index (χ3v) is 8.39. The van der Waals surface area contributed by atoms with E-state index in [-0.39, 0.29) is 24.7 Å². The second-order valence-corrected chi connectivity index (χ2v) is 13.0. The lowest BCUT2D eigenvalue weighted by atomic mass is 9.88. The number of nitrogens with zero attached hydrogens (tertiary/aromatic N) is 4. The highest BCUT2D eigenvalue weighted by Crippen LogP contribution is 2.34. The monoisotopic (exact) mass is 652 g/mol. The molecule has 250 valence electrons. The molecule has 0 aliphatic carbocycles. The maximum atomic E-state index is 15.6. The molecule has 0 unspecified atom stereocenters. The summed E-state index contributed by atoms with van der Waals surface area (Å²) in [5.41, 5.74) is 3.62. The minimum absolute atomic E-state index is 0.0499. The van der Waals surface area contributed by atoms with E-state index in [1.54, 1.807) is 42.0 Å². The number of rotatable bonds is 9. The second kappa shape index (κ2) is 13.9. The molecule has 0 spiro atoms. The summed E-state index contributed by atoms with van der Waals surface area (Å²) >= 11 is 0. The van der Waals surface area contributed by atoms with Crippen LogP contribution in [0.25, 0.3) is 16.7 Å². The van der Waals surface area contributed by atoms with Gasteiger partial charge in [0.05, 0.1) is 17.6 Å². The number of carbonyl (C=O) groups excluding carboxylic acids is 1. The maximum Gasteiger partial charge on any atom is 0.410 e. The first-order valence-corrected chi connectivity index (χ1v) is 16.3. The van der Waals surface area contributed by atoms with Crippen LogP contribution in [0.3, 0.4) is 0 Å². The predicted molar refractivity (Wildman–Crippen MR) is 183 cm³/mol. The van der Waals surface area contributed by atoms with Gasteiger partial charge in [0, 0.05) is 25.1 Å². The molecule has 1 saturated heterocycles. The van der Waals surface area contributed by atoms with Crippen LogP contribution in [0.2, 0.25) is 0 Å². The second-order valence-electron chi connectivity index (χ2n) is 13.0. The zero-order valence-electron chi connectivity index (χ0n) is 27.8. The molecule has 1 aliphatic heterocycles. The lowest BCUT2D eigenvalue weighted by Crippen LogP contribution is -2.46. The van der Waals surface area contributed by atoms with Crippen LogP contribution in [0.4, 0.5) is 9.18 Å². The van der Waals surface area contributed by atoms with E-state index in [0.29, 0.717) is 48.7 Å². The van der Waals surface area contributed by atoms with Gasteiger partial charge in [-0.05, 0) is 69.0 Å². The Morgan fingerprint density at radius 1 is 0.896 bits per heavy atom. The van der Waals surface area contributed by atoms with Gasteiger partial charge in [-0.25, -0.2) is 14.0 Å². The normalized spacial score (nSPS) is 16.6. The summed E-state index contributed by atoms with van der Waals surface area (Å²) in [5, 5.41) is 0. The molecule has 3 heterocycles. The standard InChI is InChI=1S/C38H41FN4O5/c1-5-42-33-22-28(29-20-21-41(23-30(29)39)37(45)48-38(2,3)4)16-17-31(33)43(36(42)44)32-18-19-34(46-24-26-12-8-6-9-13-26)40-35(32)47-25-27-14-10-7-11-15-27/h6-19,22,29-30H,5,20-21,23-25H2,1-4H3/t29-,30+/m0/s1. The van der Waals surface area contributed by atoms with Gasteiger partial charge in [0.15, 0.2) is 0 Å².